The van der Waals surface area contributed by atoms with Gasteiger partial charge in [-0.25, -0.2) is 0 Å². The molecule has 0 saturated carbocycles. The average Bonchev–Trinajstić information content (AvgIpc) is 3.05. The average molecular weight is 658 g/mol. The van der Waals surface area contributed by atoms with Gasteiger partial charge in [-0.3, -0.25) is 0 Å². The van der Waals surface area contributed by atoms with Crippen molar-refractivity contribution in [3.8, 4) is 0 Å². The van der Waals surface area contributed by atoms with E-state index in [0.29, 0.717) is 0 Å². The topological polar surface area (TPSA) is 16.2 Å². The quantitative estimate of drug-likeness (QED) is 0.186. The molecule has 0 aromatic heterocycles. The van der Waals surface area contributed by atoms with Crippen molar-refractivity contribution in [3.63, 3.8) is 0 Å². The minimum atomic E-state index is 0.808. The molecule has 0 N–H and O–H groups in total. The molecule has 3 aliphatic rings. The van der Waals surface area contributed by atoms with Gasteiger partial charge in [0.2, 0.25) is 0 Å². The molecule has 1 fully saturated rings. The van der Waals surface area contributed by atoms with Crippen LogP contribution < -0.4 is 9.80 Å². The molecule has 5 nitrogen and oxygen atoms in total. The summed E-state index contributed by atoms with van der Waals surface area (Å²) in [7, 11) is 6.47. The van der Waals surface area contributed by atoms with Crippen molar-refractivity contribution in [2.45, 2.75) is 32.4 Å². The Morgan fingerprint density at radius 1 is 0.600 bits per heavy atom. The Kier molecular flexibility index (Phi) is 11.0. The minimum Gasteiger partial charge on any atom is -0.340 e. The van der Waals surface area contributed by atoms with Crippen molar-refractivity contribution >= 4 is 57.9 Å². The van der Waals surface area contributed by atoms with Crippen LogP contribution in [0.25, 0.3) is 0 Å². The fourth-order valence-corrected chi connectivity index (χ4v) is 8.47. The van der Waals surface area contributed by atoms with Gasteiger partial charge in [-0.05, 0) is 102 Å². The van der Waals surface area contributed by atoms with E-state index in [1.54, 1.807) is 0 Å². The van der Waals surface area contributed by atoms with E-state index in [4.69, 9.17) is 11.6 Å². The normalized spacial score (nSPS) is 15.9. The van der Waals surface area contributed by atoms with E-state index in [0.717, 1.165) is 37.6 Å². The summed E-state index contributed by atoms with van der Waals surface area (Å²) in [4.78, 5) is 17.5. The smallest absolute Gasteiger partial charge is 0.0567 e. The van der Waals surface area contributed by atoms with Gasteiger partial charge in [0.15, 0.2) is 0 Å². The Morgan fingerprint density at radius 3 is 1.64 bits per heavy atom. The molecule has 0 atom stereocenters. The van der Waals surface area contributed by atoms with Gasteiger partial charge in [-0.15, -0.1) is 0 Å². The zero-order valence-electron chi connectivity index (χ0n) is 26.7. The van der Waals surface area contributed by atoms with E-state index in [2.05, 4.69) is 131 Å². The fraction of sp³-hybridized carbons (Fsp3) is 0.351. The van der Waals surface area contributed by atoms with E-state index in [-0.39, 0.29) is 0 Å². The third-order valence-electron chi connectivity index (χ3n) is 8.56. The standard InChI is InChI=1S/C20H24ClN3S.C17H20N2S/c1-22-11-13-23(14-12-22)9-4-10-24-17-5-2-3-6-19(17)25-20-8-7-16(21)15-18(20)24;1-18(2)12-7-13-19-14-8-3-5-10-16(14)20-17-11-6-4-9-15(17)19/h2-3,5-8,15H,4,9-14H2,1H3;3-6,8-11H,7,12-13H2,1-2H3. The molecule has 4 aromatic carbocycles. The molecule has 4 aromatic rings. The van der Waals surface area contributed by atoms with Crippen LogP contribution in [0.15, 0.2) is 111 Å². The summed E-state index contributed by atoms with van der Waals surface area (Å²) in [5, 5.41) is 0.808. The molecular weight excluding hydrogens is 614 g/mol. The highest BCUT2D eigenvalue weighted by Gasteiger charge is 2.24. The summed E-state index contributed by atoms with van der Waals surface area (Å²) < 4.78 is 0. The molecule has 8 heteroatoms. The van der Waals surface area contributed by atoms with Crippen LogP contribution in [0.3, 0.4) is 0 Å². The number of piperazine rings is 1. The van der Waals surface area contributed by atoms with Crippen molar-refractivity contribution in [2.24, 2.45) is 0 Å². The second kappa shape index (κ2) is 15.3. The number of hydrogen-bond donors (Lipinski definition) is 0. The first-order chi connectivity index (χ1) is 22.0. The van der Waals surface area contributed by atoms with E-state index < -0.39 is 0 Å². The SMILES string of the molecule is CN(C)CCCN1c2ccccc2Sc2ccccc21.CN1CCN(CCCN2c3ccccc3Sc3ccc(Cl)cc32)CC1. The molecule has 0 amide bonds. The van der Waals surface area contributed by atoms with Crippen molar-refractivity contribution in [1.29, 1.82) is 0 Å². The molecule has 0 spiro atoms. The lowest BCUT2D eigenvalue weighted by Crippen LogP contribution is -2.45. The number of halogens is 1. The molecule has 0 aliphatic carbocycles. The van der Waals surface area contributed by atoms with E-state index in [1.807, 2.05) is 29.6 Å². The zero-order valence-corrected chi connectivity index (χ0v) is 29.1. The number of fused-ring (bicyclic) bond motifs is 4. The van der Waals surface area contributed by atoms with Crippen molar-refractivity contribution in [2.75, 3.05) is 83.3 Å². The van der Waals surface area contributed by atoms with Crippen LogP contribution in [-0.4, -0.2) is 88.2 Å². The number of hydrogen-bond acceptors (Lipinski definition) is 7. The Labute approximate surface area is 283 Å². The maximum atomic E-state index is 6.29. The van der Waals surface area contributed by atoms with Gasteiger partial charge < -0.3 is 24.5 Å². The zero-order chi connectivity index (χ0) is 31.2. The van der Waals surface area contributed by atoms with Crippen molar-refractivity contribution in [3.05, 3.63) is 96.0 Å². The molecule has 0 radical (unpaired) electrons. The molecule has 236 valence electrons. The molecule has 0 unspecified atom stereocenters. The van der Waals surface area contributed by atoms with Gasteiger partial charge >= 0.3 is 0 Å². The van der Waals surface area contributed by atoms with Gasteiger partial charge in [0.05, 0.1) is 22.7 Å². The van der Waals surface area contributed by atoms with Crippen LogP contribution >= 0.6 is 35.1 Å². The summed E-state index contributed by atoms with van der Waals surface area (Å²) in [5.74, 6) is 0. The molecule has 1 saturated heterocycles. The van der Waals surface area contributed by atoms with Gasteiger partial charge in [-0.2, -0.15) is 0 Å². The minimum absolute atomic E-state index is 0.808. The van der Waals surface area contributed by atoms with Crippen LogP contribution in [0.1, 0.15) is 12.8 Å². The number of likely N-dealkylation sites (N-methyl/N-ethyl adjacent to an activating group) is 1. The van der Waals surface area contributed by atoms with Crippen molar-refractivity contribution in [1.82, 2.24) is 14.7 Å². The first-order valence-corrected chi connectivity index (χ1v) is 18.0. The van der Waals surface area contributed by atoms with E-state index >= 15 is 0 Å². The predicted molar refractivity (Wildman–Crippen MR) is 195 cm³/mol. The largest absolute Gasteiger partial charge is 0.340 e. The summed E-state index contributed by atoms with van der Waals surface area (Å²) in [5.41, 5.74) is 5.24. The predicted octanol–water partition coefficient (Wildman–Crippen LogP) is 8.82. The summed E-state index contributed by atoms with van der Waals surface area (Å²) in [6, 6.07) is 32.3. The first-order valence-electron chi connectivity index (χ1n) is 16.0. The maximum absolute atomic E-state index is 6.29. The number of para-hydroxylation sites is 3. The maximum Gasteiger partial charge on any atom is 0.0567 e. The summed E-state index contributed by atoms with van der Waals surface area (Å²) in [6.07, 6.45) is 2.33. The van der Waals surface area contributed by atoms with Gasteiger partial charge in [-0.1, -0.05) is 71.5 Å². The molecule has 3 heterocycles. The molecule has 7 rings (SSSR count). The molecule has 45 heavy (non-hydrogen) atoms. The second-order valence-electron chi connectivity index (χ2n) is 12.2. The number of anilines is 4. The highest BCUT2D eigenvalue weighted by atomic mass is 35.5. The molecule has 3 aliphatic heterocycles. The Morgan fingerprint density at radius 2 is 1.09 bits per heavy atom. The van der Waals surface area contributed by atoms with E-state index in [9.17, 15) is 0 Å². The third kappa shape index (κ3) is 8.02. The summed E-state index contributed by atoms with van der Waals surface area (Å²) in [6.45, 7) is 9.10. The second-order valence-corrected chi connectivity index (χ2v) is 14.8. The van der Waals surface area contributed by atoms with Crippen LogP contribution in [0.5, 0.6) is 0 Å². The van der Waals surface area contributed by atoms with Gasteiger partial charge in [0.1, 0.15) is 0 Å². The lowest BCUT2D eigenvalue weighted by atomic mass is 10.2. The Hall–Kier alpha value is -2.65. The van der Waals surface area contributed by atoms with Gasteiger partial charge in [0.25, 0.3) is 0 Å². The molecular formula is C37H44ClN5S2. The lowest BCUT2D eigenvalue weighted by molar-refractivity contribution is 0.153. The highest BCUT2D eigenvalue weighted by Crippen LogP contribution is 2.49. The number of nitrogens with zero attached hydrogens (tertiary/aromatic N) is 5. The van der Waals surface area contributed by atoms with E-state index in [1.165, 1.54) is 74.9 Å². The number of benzene rings is 4. The van der Waals surface area contributed by atoms with Crippen LogP contribution in [-0.2, 0) is 0 Å². The highest BCUT2D eigenvalue weighted by molar-refractivity contribution is 8.00. The monoisotopic (exact) mass is 657 g/mol. The Bertz CT molecular complexity index is 1530. The van der Waals surface area contributed by atoms with Crippen LogP contribution in [0.2, 0.25) is 5.02 Å². The lowest BCUT2D eigenvalue weighted by Gasteiger charge is -2.35. The summed E-state index contributed by atoms with van der Waals surface area (Å²) >= 11 is 10.0. The number of rotatable bonds is 8. The molecule has 0 bridgehead atoms. The first kappa shape index (κ1) is 32.3. The van der Waals surface area contributed by atoms with Crippen LogP contribution in [0, 0.1) is 0 Å². The third-order valence-corrected chi connectivity index (χ3v) is 11.1. The van der Waals surface area contributed by atoms with Crippen molar-refractivity contribution < 1.29 is 0 Å². The van der Waals surface area contributed by atoms with Gasteiger partial charge in [0, 0.05) is 63.9 Å². The fourth-order valence-electron chi connectivity index (χ4n) is 6.13. The Balaban J connectivity index is 0.000000163. The van der Waals surface area contributed by atoms with Crippen LogP contribution in [0.4, 0.5) is 22.7 Å².